The Morgan fingerprint density at radius 3 is 2.43 bits per heavy atom. The first kappa shape index (κ1) is 17.4. The van der Waals surface area contributed by atoms with Crippen molar-refractivity contribution in [3.05, 3.63) is 23.8 Å². The number of benzene rings is 1. The van der Waals surface area contributed by atoms with Crippen LogP contribution in [0.3, 0.4) is 0 Å². The van der Waals surface area contributed by atoms with E-state index in [1.165, 1.54) is 0 Å². The molecule has 0 aromatic heterocycles. The second-order valence-electron chi connectivity index (χ2n) is 6.00. The monoisotopic (exact) mass is 319 g/mol. The van der Waals surface area contributed by atoms with Gasteiger partial charge in [0, 0.05) is 31.0 Å². The molecular weight excluding hydrogens is 294 g/mol. The van der Waals surface area contributed by atoms with Crippen molar-refractivity contribution < 1.29 is 14.3 Å². The van der Waals surface area contributed by atoms with E-state index in [9.17, 15) is 9.59 Å². The lowest BCUT2D eigenvalue weighted by Gasteiger charge is -2.32. The minimum Gasteiger partial charge on any atom is -0.381 e. The minimum atomic E-state index is -0.897. The molecule has 2 rings (SSSR count). The molecule has 1 aromatic rings. The van der Waals surface area contributed by atoms with Crippen LogP contribution in [0.25, 0.3) is 0 Å². The summed E-state index contributed by atoms with van der Waals surface area (Å²) < 4.78 is 5.27. The third-order valence-electron chi connectivity index (χ3n) is 4.17. The fourth-order valence-electron chi connectivity index (χ4n) is 2.56. The molecule has 4 N–H and O–H groups in total. The van der Waals surface area contributed by atoms with E-state index in [1.54, 1.807) is 6.07 Å². The Bertz CT molecular complexity index is 580. The van der Waals surface area contributed by atoms with Crippen LogP contribution in [0.2, 0.25) is 0 Å². The van der Waals surface area contributed by atoms with Gasteiger partial charge in [-0.05, 0) is 43.9 Å². The first-order chi connectivity index (χ1) is 11.0. The second-order valence-corrected chi connectivity index (χ2v) is 6.00. The predicted molar refractivity (Wildman–Crippen MR) is 90.3 cm³/mol. The van der Waals surface area contributed by atoms with E-state index in [0.717, 1.165) is 12.0 Å². The maximum absolute atomic E-state index is 12.5. The molecule has 1 fully saturated rings. The van der Waals surface area contributed by atoms with Crippen LogP contribution in [0.4, 0.5) is 11.4 Å². The van der Waals surface area contributed by atoms with Gasteiger partial charge in [0.15, 0.2) is 0 Å². The highest BCUT2D eigenvalue weighted by Crippen LogP contribution is 2.26. The number of rotatable bonds is 5. The zero-order valence-corrected chi connectivity index (χ0v) is 13.8. The van der Waals surface area contributed by atoms with Gasteiger partial charge in [0.1, 0.15) is 5.54 Å². The maximum Gasteiger partial charge on any atom is 0.244 e. The Kier molecular flexibility index (Phi) is 5.74. The van der Waals surface area contributed by atoms with Gasteiger partial charge in [-0.3, -0.25) is 9.59 Å². The SMILES string of the molecule is CCCC(=O)Nc1cccc(NC(=O)C2(N)CCOCC2)c1C. The van der Waals surface area contributed by atoms with Crippen molar-refractivity contribution in [1.29, 1.82) is 0 Å². The van der Waals surface area contributed by atoms with Crippen LogP contribution in [0.15, 0.2) is 18.2 Å². The highest BCUT2D eigenvalue weighted by Gasteiger charge is 2.36. The third kappa shape index (κ3) is 4.30. The number of anilines is 2. The van der Waals surface area contributed by atoms with E-state index in [4.69, 9.17) is 10.5 Å². The summed E-state index contributed by atoms with van der Waals surface area (Å²) in [6.07, 6.45) is 2.27. The molecule has 1 aliphatic heterocycles. The Morgan fingerprint density at radius 1 is 1.22 bits per heavy atom. The Morgan fingerprint density at radius 2 is 1.83 bits per heavy atom. The Labute approximate surface area is 136 Å². The van der Waals surface area contributed by atoms with Gasteiger partial charge < -0.3 is 21.1 Å². The van der Waals surface area contributed by atoms with Gasteiger partial charge in [-0.1, -0.05) is 13.0 Å². The molecule has 0 bridgehead atoms. The number of carbonyl (C=O) groups excluding carboxylic acids is 2. The van der Waals surface area contributed by atoms with Crippen molar-refractivity contribution in [3.63, 3.8) is 0 Å². The van der Waals surface area contributed by atoms with Gasteiger partial charge in [0.2, 0.25) is 11.8 Å². The lowest BCUT2D eigenvalue weighted by atomic mass is 9.90. The average molecular weight is 319 g/mol. The van der Waals surface area contributed by atoms with Gasteiger partial charge in [0.25, 0.3) is 0 Å². The Balaban J connectivity index is 2.11. The number of amides is 2. The fraction of sp³-hybridized carbons (Fsp3) is 0.529. The van der Waals surface area contributed by atoms with E-state index in [-0.39, 0.29) is 11.8 Å². The summed E-state index contributed by atoms with van der Waals surface area (Å²) in [5.41, 5.74) is 7.50. The topological polar surface area (TPSA) is 93.5 Å². The molecule has 1 aromatic carbocycles. The van der Waals surface area contributed by atoms with Crippen molar-refractivity contribution >= 4 is 23.2 Å². The van der Waals surface area contributed by atoms with Crippen LogP contribution in [0.1, 0.15) is 38.2 Å². The average Bonchev–Trinajstić information content (AvgIpc) is 2.52. The molecule has 23 heavy (non-hydrogen) atoms. The second kappa shape index (κ2) is 7.57. The molecule has 1 aliphatic rings. The number of carbonyl (C=O) groups is 2. The van der Waals surface area contributed by atoms with E-state index in [1.807, 2.05) is 26.0 Å². The molecule has 1 heterocycles. The van der Waals surface area contributed by atoms with Crippen LogP contribution in [0.5, 0.6) is 0 Å². The molecule has 6 nitrogen and oxygen atoms in total. The summed E-state index contributed by atoms with van der Waals surface area (Å²) >= 11 is 0. The normalized spacial score (nSPS) is 16.7. The highest BCUT2D eigenvalue weighted by atomic mass is 16.5. The van der Waals surface area contributed by atoms with Crippen molar-refractivity contribution in [3.8, 4) is 0 Å². The predicted octanol–water partition coefficient (Wildman–Crippen LogP) is 2.18. The zero-order valence-electron chi connectivity index (χ0n) is 13.8. The van der Waals surface area contributed by atoms with Crippen LogP contribution < -0.4 is 16.4 Å². The standard InChI is InChI=1S/C17H25N3O3/c1-3-5-15(21)19-13-6-4-7-14(12(13)2)20-16(22)17(18)8-10-23-11-9-17/h4,6-7H,3,5,8-11,18H2,1-2H3,(H,19,21)(H,20,22). The fourth-order valence-corrected chi connectivity index (χ4v) is 2.56. The number of hydrogen-bond donors (Lipinski definition) is 3. The van der Waals surface area contributed by atoms with Crippen molar-refractivity contribution in [1.82, 2.24) is 0 Å². The zero-order chi connectivity index (χ0) is 16.9. The molecular formula is C17H25N3O3. The van der Waals surface area contributed by atoms with Gasteiger partial charge in [-0.2, -0.15) is 0 Å². The molecule has 0 spiro atoms. The minimum absolute atomic E-state index is 0.0289. The first-order valence-corrected chi connectivity index (χ1v) is 8.04. The van der Waals surface area contributed by atoms with Gasteiger partial charge in [-0.25, -0.2) is 0 Å². The summed E-state index contributed by atoms with van der Waals surface area (Å²) in [5, 5.41) is 5.77. The number of ether oxygens (including phenoxy) is 1. The molecule has 0 radical (unpaired) electrons. The van der Waals surface area contributed by atoms with Crippen LogP contribution in [0, 0.1) is 6.92 Å². The molecule has 1 saturated heterocycles. The van der Waals surface area contributed by atoms with Crippen LogP contribution >= 0.6 is 0 Å². The lowest BCUT2D eigenvalue weighted by molar-refractivity contribution is -0.124. The first-order valence-electron chi connectivity index (χ1n) is 8.04. The van der Waals surface area contributed by atoms with Crippen LogP contribution in [-0.2, 0) is 14.3 Å². The van der Waals surface area contributed by atoms with E-state index in [0.29, 0.717) is 43.9 Å². The van der Waals surface area contributed by atoms with Gasteiger partial charge in [-0.15, -0.1) is 0 Å². The van der Waals surface area contributed by atoms with Gasteiger partial charge >= 0.3 is 0 Å². The molecule has 0 aliphatic carbocycles. The Hall–Kier alpha value is -1.92. The van der Waals surface area contributed by atoms with E-state index < -0.39 is 5.54 Å². The summed E-state index contributed by atoms with van der Waals surface area (Å²) in [6, 6.07) is 5.44. The quantitative estimate of drug-likeness (QED) is 0.775. The third-order valence-corrected chi connectivity index (χ3v) is 4.17. The number of nitrogens with two attached hydrogens (primary N) is 1. The molecule has 2 amide bonds. The van der Waals surface area contributed by atoms with Crippen molar-refractivity contribution in [2.75, 3.05) is 23.8 Å². The molecule has 126 valence electrons. The maximum atomic E-state index is 12.5. The van der Waals surface area contributed by atoms with E-state index in [2.05, 4.69) is 10.6 Å². The number of nitrogens with one attached hydrogen (secondary N) is 2. The van der Waals surface area contributed by atoms with Crippen LogP contribution in [-0.4, -0.2) is 30.6 Å². The summed E-state index contributed by atoms with van der Waals surface area (Å²) in [7, 11) is 0. The highest BCUT2D eigenvalue weighted by molar-refractivity contribution is 6.00. The smallest absolute Gasteiger partial charge is 0.244 e. The summed E-state index contributed by atoms with van der Waals surface area (Å²) in [6.45, 7) is 4.81. The summed E-state index contributed by atoms with van der Waals surface area (Å²) in [4.78, 5) is 24.3. The van der Waals surface area contributed by atoms with Crippen molar-refractivity contribution in [2.45, 2.75) is 45.1 Å². The van der Waals surface area contributed by atoms with Crippen molar-refractivity contribution in [2.24, 2.45) is 5.73 Å². The van der Waals surface area contributed by atoms with E-state index >= 15 is 0 Å². The summed E-state index contributed by atoms with van der Waals surface area (Å²) in [5.74, 6) is -0.236. The van der Waals surface area contributed by atoms with Gasteiger partial charge in [0.05, 0.1) is 0 Å². The number of hydrogen-bond acceptors (Lipinski definition) is 4. The molecule has 6 heteroatoms. The molecule has 0 atom stereocenters. The molecule has 0 unspecified atom stereocenters. The lowest BCUT2D eigenvalue weighted by Crippen LogP contribution is -2.54. The molecule has 0 saturated carbocycles. The largest absolute Gasteiger partial charge is 0.381 e.